The molecule has 18 heavy (non-hydrogen) atoms. The molecule has 5 heteroatoms. The van der Waals surface area contributed by atoms with E-state index in [0.717, 1.165) is 55.2 Å². The van der Waals surface area contributed by atoms with Crippen molar-refractivity contribution in [2.45, 2.75) is 51.6 Å². The highest BCUT2D eigenvalue weighted by Crippen LogP contribution is 2.28. The summed E-state index contributed by atoms with van der Waals surface area (Å²) in [5.41, 5.74) is 8.14. The molecule has 0 aliphatic carbocycles. The van der Waals surface area contributed by atoms with E-state index in [2.05, 4.69) is 18.9 Å². The Balaban J connectivity index is 2.24. The lowest BCUT2D eigenvalue weighted by atomic mass is 9.88. The Morgan fingerprint density at radius 3 is 2.83 bits per heavy atom. The Labute approximate surface area is 113 Å². The molecule has 0 radical (unpaired) electrons. The molecule has 1 fully saturated rings. The van der Waals surface area contributed by atoms with Crippen LogP contribution >= 0.6 is 11.6 Å². The molecule has 1 atom stereocenters. The summed E-state index contributed by atoms with van der Waals surface area (Å²) < 4.78 is 7.48. The Morgan fingerprint density at radius 1 is 1.50 bits per heavy atom. The minimum atomic E-state index is -0.292. The molecule has 1 aromatic heterocycles. The van der Waals surface area contributed by atoms with E-state index >= 15 is 0 Å². The summed E-state index contributed by atoms with van der Waals surface area (Å²) in [5.74, 6) is 0. The third kappa shape index (κ3) is 2.71. The van der Waals surface area contributed by atoms with Gasteiger partial charge in [-0.2, -0.15) is 5.10 Å². The fourth-order valence-electron chi connectivity index (χ4n) is 2.53. The van der Waals surface area contributed by atoms with Gasteiger partial charge < -0.3 is 10.5 Å². The lowest BCUT2D eigenvalue weighted by Gasteiger charge is -2.33. The number of aromatic nitrogens is 2. The van der Waals surface area contributed by atoms with Crippen LogP contribution in [0.2, 0.25) is 5.02 Å². The quantitative estimate of drug-likeness (QED) is 0.913. The van der Waals surface area contributed by atoms with E-state index in [1.54, 1.807) is 0 Å². The summed E-state index contributed by atoms with van der Waals surface area (Å²) in [7, 11) is 0. The molecular weight excluding hydrogens is 250 g/mol. The van der Waals surface area contributed by atoms with Crippen molar-refractivity contribution >= 4 is 11.6 Å². The monoisotopic (exact) mass is 271 g/mol. The first-order chi connectivity index (χ1) is 8.59. The molecular formula is C13H22ClN3O. The Hall–Kier alpha value is -0.580. The molecule has 0 saturated carbocycles. The number of halogens is 1. The predicted molar refractivity (Wildman–Crippen MR) is 73.0 cm³/mol. The smallest absolute Gasteiger partial charge is 0.0850 e. The maximum Gasteiger partial charge on any atom is 0.0850 e. The number of aryl methyl sites for hydroxylation is 2. The summed E-state index contributed by atoms with van der Waals surface area (Å²) >= 11 is 6.41. The van der Waals surface area contributed by atoms with Gasteiger partial charge in [0.15, 0.2) is 0 Å². The third-order valence-corrected chi connectivity index (χ3v) is 4.00. The Kier molecular flexibility index (Phi) is 4.30. The molecule has 4 nitrogen and oxygen atoms in total. The summed E-state index contributed by atoms with van der Waals surface area (Å²) in [6.45, 7) is 6.40. The zero-order valence-electron chi connectivity index (χ0n) is 11.2. The van der Waals surface area contributed by atoms with E-state index in [0.29, 0.717) is 6.61 Å². The average Bonchev–Trinajstić information content (AvgIpc) is 2.67. The molecule has 0 amide bonds. The van der Waals surface area contributed by atoms with Crippen molar-refractivity contribution in [1.82, 2.24) is 9.78 Å². The fourth-order valence-corrected chi connectivity index (χ4v) is 2.87. The molecule has 0 bridgehead atoms. The van der Waals surface area contributed by atoms with Gasteiger partial charge >= 0.3 is 0 Å². The number of hydrogen-bond acceptors (Lipinski definition) is 3. The second-order valence-corrected chi connectivity index (χ2v) is 5.45. The number of ether oxygens (including phenoxy) is 1. The van der Waals surface area contributed by atoms with Crippen molar-refractivity contribution in [3.05, 3.63) is 16.4 Å². The zero-order valence-corrected chi connectivity index (χ0v) is 12.0. The molecule has 2 N–H and O–H groups in total. The molecule has 1 aliphatic heterocycles. The van der Waals surface area contributed by atoms with Gasteiger partial charge in [0.1, 0.15) is 0 Å². The van der Waals surface area contributed by atoms with Crippen molar-refractivity contribution in [2.75, 3.05) is 13.2 Å². The molecule has 0 aromatic carbocycles. The molecule has 0 spiro atoms. The van der Waals surface area contributed by atoms with E-state index in [1.165, 1.54) is 0 Å². The van der Waals surface area contributed by atoms with E-state index in [9.17, 15) is 0 Å². The summed E-state index contributed by atoms with van der Waals surface area (Å²) in [6, 6.07) is 0. The average molecular weight is 272 g/mol. The SMILES string of the molecule is CCc1nn(CC)c(CC2(N)CCCOC2)c1Cl. The standard InChI is InChI=1S/C13H22ClN3O/c1-3-10-12(14)11(17(4-2)16-10)8-13(15)6-5-7-18-9-13/h3-9,15H2,1-2H3. The van der Waals surface area contributed by atoms with Crippen LogP contribution in [0.25, 0.3) is 0 Å². The maximum absolute atomic E-state index is 6.41. The van der Waals surface area contributed by atoms with Gasteiger partial charge in [0.05, 0.1) is 23.0 Å². The van der Waals surface area contributed by atoms with Gasteiger partial charge in [0.25, 0.3) is 0 Å². The molecule has 1 aromatic rings. The van der Waals surface area contributed by atoms with E-state index < -0.39 is 0 Å². The number of rotatable bonds is 4. The number of nitrogens with zero attached hydrogens (tertiary/aromatic N) is 2. The highest BCUT2D eigenvalue weighted by molar-refractivity contribution is 6.31. The minimum Gasteiger partial charge on any atom is -0.380 e. The van der Waals surface area contributed by atoms with Crippen LogP contribution in [0.5, 0.6) is 0 Å². The normalized spacial score (nSPS) is 24.4. The van der Waals surface area contributed by atoms with Crippen LogP contribution < -0.4 is 5.73 Å². The van der Waals surface area contributed by atoms with Crippen molar-refractivity contribution in [2.24, 2.45) is 5.73 Å². The molecule has 2 heterocycles. The summed E-state index contributed by atoms with van der Waals surface area (Å²) in [6.07, 6.45) is 3.61. The van der Waals surface area contributed by atoms with Crippen LogP contribution in [0.15, 0.2) is 0 Å². The Bertz CT molecular complexity index is 411. The second-order valence-electron chi connectivity index (χ2n) is 5.07. The lowest BCUT2D eigenvalue weighted by molar-refractivity contribution is 0.0374. The summed E-state index contributed by atoms with van der Waals surface area (Å²) in [5, 5.41) is 5.32. The topological polar surface area (TPSA) is 53.1 Å². The van der Waals surface area contributed by atoms with Crippen LogP contribution in [0, 0.1) is 0 Å². The Morgan fingerprint density at radius 2 is 2.28 bits per heavy atom. The van der Waals surface area contributed by atoms with E-state index in [-0.39, 0.29) is 5.54 Å². The van der Waals surface area contributed by atoms with Crippen LogP contribution in [-0.4, -0.2) is 28.5 Å². The second kappa shape index (κ2) is 5.59. The van der Waals surface area contributed by atoms with E-state index in [4.69, 9.17) is 22.1 Å². The van der Waals surface area contributed by atoms with E-state index in [1.807, 2.05) is 4.68 Å². The first-order valence-corrected chi connectivity index (χ1v) is 7.08. The first-order valence-electron chi connectivity index (χ1n) is 6.70. The fraction of sp³-hybridized carbons (Fsp3) is 0.769. The summed E-state index contributed by atoms with van der Waals surface area (Å²) in [4.78, 5) is 0. The van der Waals surface area contributed by atoms with Gasteiger partial charge in [-0.25, -0.2) is 0 Å². The maximum atomic E-state index is 6.41. The molecule has 1 unspecified atom stereocenters. The molecule has 1 aliphatic rings. The zero-order chi connectivity index (χ0) is 13.2. The lowest BCUT2D eigenvalue weighted by Crippen LogP contribution is -2.49. The van der Waals surface area contributed by atoms with Crippen LogP contribution in [-0.2, 0) is 24.1 Å². The van der Waals surface area contributed by atoms with Gasteiger partial charge in [-0.3, -0.25) is 4.68 Å². The first kappa shape index (κ1) is 13.8. The van der Waals surface area contributed by atoms with Crippen molar-refractivity contribution in [3.8, 4) is 0 Å². The molecule has 1 saturated heterocycles. The van der Waals surface area contributed by atoms with Crippen LogP contribution in [0.1, 0.15) is 38.1 Å². The van der Waals surface area contributed by atoms with Crippen LogP contribution in [0.3, 0.4) is 0 Å². The third-order valence-electron chi connectivity index (χ3n) is 3.57. The van der Waals surface area contributed by atoms with Gasteiger partial charge in [-0.15, -0.1) is 0 Å². The van der Waals surface area contributed by atoms with Crippen molar-refractivity contribution < 1.29 is 4.74 Å². The molecule has 102 valence electrons. The van der Waals surface area contributed by atoms with Gasteiger partial charge in [0.2, 0.25) is 0 Å². The highest BCUT2D eigenvalue weighted by Gasteiger charge is 2.31. The van der Waals surface area contributed by atoms with Gasteiger partial charge in [-0.05, 0) is 26.2 Å². The van der Waals surface area contributed by atoms with Gasteiger partial charge in [0, 0.05) is 25.1 Å². The van der Waals surface area contributed by atoms with Crippen LogP contribution in [0.4, 0.5) is 0 Å². The van der Waals surface area contributed by atoms with Gasteiger partial charge in [-0.1, -0.05) is 18.5 Å². The largest absolute Gasteiger partial charge is 0.380 e. The van der Waals surface area contributed by atoms with Crippen molar-refractivity contribution in [1.29, 1.82) is 0 Å². The number of nitrogens with two attached hydrogens (primary N) is 1. The minimum absolute atomic E-state index is 0.292. The van der Waals surface area contributed by atoms with Crippen molar-refractivity contribution in [3.63, 3.8) is 0 Å². The molecule has 2 rings (SSSR count). The number of hydrogen-bond donors (Lipinski definition) is 1. The predicted octanol–water partition coefficient (Wildman–Crippen LogP) is 2.17. The highest BCUT2D eigenvalue weighted by atomic mass is 35.5.